The molecule has 0 saturated heterocycles. The number of hydrogen-bond acceptors (Lipinski definition) is 3. The Kier molecular flexibility index (Phi) is 12.7. The van der Waals surface area contributed by atoms with Crippen molar-refractivity contribution in [3.8, 4) is 22.3 Å². The minimum atomic E-state index is -0.0963. The Hall–Kier alpha value is -8.34. The highest BCUT2D eigenvalue weighted by molar-refractivity contribution is 7.00. The van der Waals surface area contributed by atoms with E-state index in [1.54, 1.807) is 0 Å². The lowest BCUT2D eigenvalue weighted by Gasteiger charge is -2.46. The second kappa shape index (κ2) is 19.4. The van der Waals surface area contributed by atoms with E-state index in [0.29, 0.717) is 0 Å². The predicted octanol–water partition coefficient (Wildman–Crippen LogP) is 18.2. The third kappa shape index (κ3) is 9.10. The van der Waals surface area contributed by atoms with E-state index in [2.05, 4.69) is 303 Å². The van der Waals surface area contributed by atoms with Crippen LogP contribution in [0.5, 0.6) is 0 Å². The van der Waals surface area contributed by atoms with Crippen molar-refractivity contribution >= 4 is 79.9 Å². The minimum absolute atomic E-state index is 0.0140. The van der Waals surface area contributed by atoms with Crippen LogP contribution in [0.25, 0.3) is 27.8 Å². The van der Waals surface area contributed by atoms with E-state index in [4.69, 9.17) is 0 Å². The van der Waals surface area contributed by atoms with Gasteiger partial charge in [-0.2, -0.15) is 0 Å². The average molecular weight is 986 g/mol. The van der Waals surface area contributed by atoms with Gasteiger partial charge in [-0.1, -0.05) is 233 Å². The Bertz CT molecular complexity index is 3610. The molecular weight excluding hydrogens is 918 g/mol. The van der Waals surface area contributed by atoms with Gasteiger partial charge in [0.25, 0.3) is 6.71 Å². The highest BCUT2D eigenvalue weighted by Crippen LogP contribution is 2.50. The minimum Gasteiger partial charge on any atom is -0.311 e. The summed E-state index contributed by atoms with van der Waals surface area (Å²) in [5, 5.41) is 0. The molecule has 4 heteroatoms. The monoisotopic (exact) mass is 986 g/mol. The van der Waals surface area contributed by atoms with Crippen LogP contribution in [0.3, 0.4) is 0 Å². The van der Waals surface area contributed by atoms with Gasteiger partial charge in [0.05, 0.1) is 11.4 Å². The second-order valence-electron chi connectivity index (χ2n) is 23.6. The fourth-order valence-corrected chi connectivity index (χ4v) is 11.4. The van der Waals surface area contributed by atoms with Crippen molar-refractivity contribution in [1.29, 1.82) is 0 Å². The summed E-state index contributed by atoms with van der Waals surface area (Å²) < 4.78 is 0. The molecule has 2 aliphatic heterocycles. The molecule has 2 heterocycles. The highest BCUT2D eigenvalue weighted by Gasteiger charge is 2.45. The summed E-state index contributed by atoms with van der Waals surface area (Å²) >= 11 is 0. The van der Waals surface area contributed by atoms with Crippen LogP contribution in [0.2, 0.25) is 0 Å². The summed E-state index contributed by atoms with van der Waals surface area (Å²) in [6.07, 6.45) is 5.89. The SMILES string of the molecule is C=C/C=C(\C=C)c1ccccc1N1c2ccc(C(C)(C)C)cc2B2c3cc(C(C)(C)C)ccc3N(c3ccc(C(C)(C)C)cc3)c3cc(N(c4cccc(-c5ccccc5)c4)c4cccc(-c5ccccc5)c4)cc1c32. The molecule has 0 saturated carbocycles. The third-order valence-electron chi connectivity index (χ3n) is 15.4. The summed E-state index contributed by atoms with van der Waals surface area (Å²) in [4.78, 5) is 7.58. The van der Waals surface area contributed by atoms with Crippen molar-refractivity contribution in [3.05, 3.63) is 260 Å². The third-order valence-corrected chi connectivity index (χ3v) is 15.4. The molecule has 0 aromatic heterocycles. The number of benzene rings is 9. The quantitative estimate of drug-likeness (QED) is 0.0999. The molecule has 9 aromatic rings. The molecule has 0 unspecified atom stereocenters. The number of fused-ring (bicyclic) bond motifs is 4. The summed E-state index contributed by atoms with van der Waals surface area (Å²) in [7, 11) is 0. The molecule has 0 fully saturated rings. The Labute approximate surface area is 452 Å². The predicted molar refractivity (Wildman–Crippen MR) is 330 cm³/mol. The molecule has 76 heavy (non-hydrogen) atoms. The number of allylic oxidation sites excluding steroid dienone is 4. The first-order valence-electron chi connectivity index (χ1n) is 26.8. The number of para-hydroxylation sites is 1. The summed E-state index contributed by atoms with van der Waals surface area (Å²) in [6, 6.07) is 77.1. The number of anilines is 9. The van der Waals surface area contributed by atoms with Crippen LogP contribution in [0.4, 0.5) is 51.2 Å². The van der Waals surface area contributed by atoms with E-state index in [1.165, 1.54) is 49.9 Å². The van der Waals surface area contributed by atoms with E-state index in [9.17, 15) is 0 Å². The molecular formula is C72H68BN3. The van der Waals surface area contributed by atoms with Crippen molar-refractivity contribution in [1.82, 2.24) is 0 Å². The van der Waals surface area contributed by atoms with E-state index < -0.39 is 0 Å². The normalized spacial score (nSPS) is 13.2. The molecule has 0 spiro atoms. The van der Waals surface area contributed by atoms with Gasteiger partial charge in [0.15, 0.2) is 0 Å². The van der Waals surface area contributed by atoms with Crippen molar-refractivity contribution in [3.63, 3.8) is 0 Å². The number of hydrogen-bond donors (Lipinski definition) is 0. The van der Waals surface area contributed by atoms with Gasteiger partial charge in [0.2, 0.25) is 0 Å². The molecule has 0 N–H and O–H groups in total. The molecule has 11 rings (SSSR count). The van der Waals surface area contributed by atoms with Crippen LogP contribution in [0.1, 0.15) is 84.6 Å². The fourth-order valence-electron chi connectivity index (χ4n) is 11.4. The van der Waals surface area contributed by atoms with Gasteiger partial charge < -0.3 is 14.7 Å². The molecule has 9 aromatic carbocycles. The molecule has 0 bridgehead atoms. The van der Waals surface area contributed by atoms with Crippen molar-refractivity contribution < 1.29 is 0 Å². The van der Waals surface area contributed by atoms with E-state index in [0.717, 1.165) is 67.8 Å². The van der Waals surface area contributed by atoms with Gasteiger partial charge in [-0.25, -0.2) is 0 Å². The zero-order valence-electron chi connectivity index (χ0n) is 45.7. The Morgan fingerprint density at radius 2 is 0.868 bits per heavy atom. The van der Waals surface area contributed by atoms with Gasteiger partial charge >= 0.3 is 0 Å². The maximum Gasteiger partial charge on any atom is 0.252 e. The van der Waals surface area contributed by atoms with E-state index in [-0.39, 0.29) is 23.0 Å². The molecule has 0 aliphatic carbocycles. The maximum atomic E-state index is 4.35. The summed E-state index contributed by atoms with van der Waals surface area (Å²) in [6.45, 7) is 29.3. The lowest BCUT2D eigenvalue weighted by molar-refractivity contribution is 0.590. The largest absolute Gasteiger partial charge is 0.311 e. The van der Waals surface area contributed by atoms with Gasteiger partial charge in [0, 0.05) is 45.4 Å². The second-order valence-corrected chi connectivity index (χ2v) is 23.6. The molecule has 374 valence electrons. The van der Waals surface area contributed by atoms with Crippen LogP contribution >= 0.6 is 0 Å². The topological polar surface area (TPSA) is 9.72 Å². The fraction of sp³-hybridized carbons (Fsp3) is 0.167. The first-order valence-corrected chi connectivity index (χ1v) is 26.8. The van der Waals surface area contributed by atoms with Crippen LogP contribution < -0.4 is 31.1 Å². The van der Waals surface area contributed by atoms with Gasteiger partial charge in [-0.3, -0.25) is 0 Å². The lowest BCUT2D eigenvalue weighted by atomic mass is 9.33. The lowest BCUT2D eigenvalue weighted by Crippen LogP contribution is -2.61. The Balaban J connectivity index is 1.30. The maximum absolute atomic E-state index is 4.35. The molecule has 2 aliphatic rings. The van der Waals surface area contributed by atoms with E-state index in [1.807, 2.05) is 12.2 Å². The van der Waals surface area contributed by atoms with Crippen molar-refractivity contribution in [2.75, 3.05) is 14.7 Å². The zero-order chi connectivity index (χ0) is 53.1. The first-order chi connectivity index (χ1) is 36.5. The number of nitrogens with zero attached hydrogens (tertiary/aromatic N) is 3. The summed E-state index contributed by atoms with van der Waals surface area (Å²) in [5.74, 6) is 0. The van der Waals surface area contributed by atoms with Crippen LogP contribution in [-0.2, 0) is 16.2 Å². The van der Waals surface area contributed by atoms with Crippen LogP contribution in [-0.4, -0.2) is 6.71 Å². The smallest absolute Gasteiger partial charge is 0.252 e. The van der Waals surface area contributed by atoms with Crippen molar-refractivity contribution in [2.24, 2.45) is 0 Å². The number of rotatable bonds is 10. The van der Waals surface area contributed by atoms with Gasteiger partial charge in [-0.05, 0) is 144 Å². The van der Waals surface area contributed by atoms with E-state index >= 15 is 0 Å². The van der Waals surface area contributed by atoms with Gasteiger partial charge in [-0.15, -0.1) is 0 Å². The van der Waals surface area contributed by atoms with Crippen molar-refractivity contribution in [2.45, 2.75) is 78.6 Å². The van der Waals surface area contributed by atoms with Crippen LogP contribution in [0.15, 0.2) is 238 Å². The Morgan fingerprint density at radius 1 is 0.408 bits per heavy atom. The molecule has 3 nitrogen and oxygen atoms in total. The molecule has 0 radical (unpaired) electrons. The molecule has 0 atom stereocenters. The zero-order valence-corrected chi connectivity index (χ0v) is 45.7. The Morgan fingerprint density at radius 3 is 1.37 bits per heavy atom. The van der Waals surface area contributed by atoms with Gasteiger partial charge in [0.1, 0.15) is 0 Å². The first kappa shape index (κ1) is 49.9. The average Bonchev–Trinajstić information content (AvgIpc) is 3.42. The van der Waals surface area contributed by atoms with Crippen LogP contribution in [0, 0.1) is 0 Å². The highest BCUT2D eigenvalue weighted by atomic mass is 15.2. The standard InChI is InChI=1S/C72H68BN3/c1-12-24-49(13-2)61-33-20-21-34-64(61)76-66-42-38-56(72(9,10)11)46-63(66)73-62-45-55(71(6,7)8)37-41-65(62)75(57-39-35-54(36-40-57)70(3,4)5)67-47-60(48-68(76)69(67)73)74(58-31-22-29-52(43-58)50-25-16-14-17-26-50)59-32-23-30-53(44-59)51-27-18-15-19-28-51/h12-48H,1-2H2,3-11H3/b49-24+. The molecule has 0 amide bonds. The summed E-state index contributed by atoms with van der Waals surface area (Å²) in [5.41, 5.74) is 24.2.